The van der Waals surface area contributed by atoms with E-state index < -0.39 is 13.3 Å². The van der Waals surface area contributed by atoms with Crippen molar-refractivity contribution in [2.45, 2.75) is 39.4 Å². The van der Waals surface area contributed by atoms with E-state index in [0.717, 1.165) is 19.3 Å². The fourth-order valence-electron chi connectivity index (χ4n) is 2.12. The molecule has 0 aliphatic heterocycles. The van der Waals surface area contributed by atoms with Crippen LogP contribution in [0.4, 0.5) is 12.9 Å². The predicted octanol–water partition coefficient (Wildman–Crippen LogP) is 1.22. The molecule has 0 nitrogen and oxygen atoms in total. The van der Waals surface area contributed by atoms with Gasteiger partial charge < -0.3 is 12.9 Å². The summed E-state index contributed by atoms with van der Waals surface area (Å²) in [5, 5.41) is 0. The van der Waals surface area contributed by atoms with Gasteiger partial charge in [-0.25, -0.2) is 0 Å². The van der Waals surface area contributed by atoms with Gasteiger partial charge in [-0.05, 0) is 32.1 Å². The SMILES string of the molecule is CC1=CCC(C(C)C[B-](F)(F)F)CC1.[K+]. The second-order valence-corrected chi connectivity index (χ2v) is 4.51. The normalized spacial score (nSPS) is 24.1. The molecule has 0 spiro atoms. The monoisotopic (exact) mass is 244 g/mol. The van der Waals surface area contributed by atoms with Crippen molar-refractivity contribution in [3.63, 3.8) is 0 Å². The predicted molar refractivity (Wildman–Crippen MR) is 54.1 cm³/mol. The van der Waals surface area contributed by atoms with Gasteiger partial charge in [0.15, 0.2) is 0 Å². The van der Waals surface area contributed by atoms with Gasteiger partial charge in [0.2, 0.25) is 0 Å². The summed E-state index contributed by atoms with van der Waals surface area (Å²) in [7, 11) is 0. The Morgan fingerprint density at radius 1 is 1.47 bits per heavy atom. The van der Waals surface area contributed by atoms with Gasteiger partial charge in [-0.15, -0.1) is 0 Å². The van der Waals surface area contributed by atoms with Gasteiger partial charge in [0.25, 0.3) is 0 Å². The molecular formula is C10H17BF3K. The Kier molecular flexibility index (Phi) is 7.41. The van der Waals surface area contributed by atoms with E-state index in [-0.39, 0.29) is 63.2 Å². The fraction of sp³-hybridized carbons (Fsp3) is 0.800. The molecule has 0 N–H and O–H groups in total. The minimum absolute atomic E-state index is 0. The molecule has 1 aliphatic carbocycles. The largest absolute Gasteiger partial charge is 1.00 e. The van der Waals surface area contributed by atoms with Gasteiger partial charge in [0.05, 0.1) is 0 Å². The van der Waals surface area contributed by atoms with Gasteiger partial charge in [0.1, 0.15) is 0 Å². The van der Waals surface area contributed by atoms with Crippen molar-refractivity contribution in [2.75, 3.05) is 0 Å². The van der Waals surface area contributed by atoms with E-state index in [1.54, 1.807) is 6.92 Å². The minimum Gasteiger partial charge on any atom is -0.449 e. The Hall–Kier alpha value is 1.23. The van der Waals surface area contributed by atoms with E-state index >= 15 is 0 Å². The zero-order valence-electron chi connectivity index (χ0n) is 9.77. The maximum atomic E-state index is 12.2. The number of hydrogen-bond donors (Lipinski definition) is 0. The molecule has 2 unspecified atom stereocenters. The molecule has 0 aromatic carbocycles. The Labute approximate surface area is 133 Å². The molecule has 15 heavy (non-hydrogen) atoms. The molecule has 0 saturated carbocycles. The minimum atomic E-state index is -4.61. The first-order valence-corrected chi connectivity index (χ1v) is 5.25. The summed E-state index contributed by atoms with van der Waals surface area (Å²) in [6.07, 6.45) is 4.25. The molecular weight excluding hydrogens is 227 g/mol. The Bertz CT molecular complexity index is 225. The van der Waals surface area contributed by atoms with Crippen LogP contribution in [0.1, 0.15) is 33.1 Å². The fourth-order valence-corrected chi connectivity index (χ4v) is 2.12. The molecule has 0 amide bonds. The van der Waals surface area contributed by atoms with Crippen LogP contribution in [0.5, 0.6) is 0 Å². The molecule has 82 valence electrons. The van der Waals surface area contributed by atoms with Crippen molar-refractivity contribution < 1.29 is 64.3 Å². The van der Waals surface area contributed by atoms with Crippen LogP contribution in [0.3, 0.4) is 0 Å². The van der Waals surface area contributed by atoms with Crippen LogP contribution in [0.25, 0.3) is 0 Å². The van der Waals surface area contributed by atoms with E-state index in [4.69, 9.17) is 0 Å². The summed E-state index contributed by atoms with van der Waals surface area (Å²) >= 11 is 0. The van der Waals surface area contributed by atoms with Crippen molar-refractivity contribution in [3.8, 4) is 0 Å². The smallest absolute Gasteiger partial charge is 0.449 e. The first-order valence-electron chi connectivity index (χ1n) is 5.25. The second kappa shape index (κ2) is 6.84. The van der Waals surface area contributed by atoms with Crippen molar-refractivity contribution in [2.24, 2.45) is 11.8 Å². The van der Waals surface area contributed by atoms with E-state index in [1.165, 1.54) is 5.57 Å². The molecule has 1 aliphatic rings. The molecule has 1 rings (SSSR count). The van der Waals surface area contributed by atoms with Gasteiger partial charge >= 0.3 is 58.4 Å². The Balaban J connectivity index is 0.00000196. The second-order valence-electron chi connectivity index (χ2n) is 4.51. The standard InChI is InChI=1S/C10H17BF3.K/c1-8-3-5-10(6-4-8)9(2)7-11(12,13)14;/h3,9-10H,4-7H2,1-2H3;/q-1;+1. The maximum Gasteiger partial charge on any atom is 1.00 e. The van der Waals surface area contributed by atoms with Crippen molar-refractivity contribution in [1.29, 1.82) is 0 Å². The zero-order chi connectivity index (χ0) is 10.8. The number of rotatable bonds is 3. The van der Waals surface area contributed by atoms with Crippen LogP contribution in [0, 0.1) is 11.8 Å². The Morgan fingerprint density at radius 2 is 2.07 bits per heavy atom. The molecule has 0 radical (unpaired) electrons. The topological polar surface area (TPSA) is 0 Å². The molecule has 0 saturated heterocycles. The average Bonchev–Trinajstić information content (AvgIpc) is 2.02. The van der Waals surface area contributed by atoms with Crippen LogP contribution in [-0.4, -0.2) is 6.98 Å². The molecule has 0 bridgehead atoms. The summed E-state index contributed by atoms with van der Waals surface area (Å²) in [6, 6.07) is 0. The van der Waals surface area contributed by atoms with E-state index in [9.17, 15) is 12.9 Å². The molecule has 0 aromatic rings. The van der Waals surface area contributed by atoms with Crippen LogP contribution >= 0.6 is 0 Å². The van der Waals surface area contributed by atoms with Crippen LogP contribution < -0.4 is 51.4 Å². The third kappa shape index (κ3) is 6.51. The van der Waals surface area contributed by atoms with Gasteiger partial charge in [-0.1, -0.05) is 30.8 Å². The van der Waals surface area contributed by atoms with Crippen molar-refractivity contribution >= 4 is 6.98 Å². The van der Waals surface area contributed by atoms with Gasteiger partial charge in [0, 0.05) is 0 Å². The number of allylic oxidation sites excluding steroid dienone is 2. The summed E-state index contributed by atoms with van der Waals surface area (Å²) in [6.45, 7) is -0.826. The van der Waals surface area contributed by atoms with E-state index in [1.807, 2.05) is 0 Å². The third-order valence-electron chi connectivity index (χ3n) is 3.12. The van der Waals surface area contributed by atoms with E-state index in [2.05, 4.69) is 13.0 Å². The maximum absolute atomic E-state index is 12.2. The zero-order valence-corrected chi connectivity index (χ0v) is 12.9. The number of hydrogen-bond acceptors (Lipinski definition) is 0. The number of halogens is 3. The first-order chi connectivity index (χ1) is 6.38. The molecule has 5 heteroatoms. The van der Waals surface area contributed by atoms with Crippen LogP contribution in [0.15, 0.2) is 11.6 Å². The summed E-state index contributed by atoms with van der Waals surface area (Å²) in [5.41, 5.74) is 1.32. The first kappa shape index (κ1) is 16.2. The third-order valence-corrected chi connectivity index (χ3v) is 3.12. The molecule has 2 atom stereocenters. The Morgan fingerprint density at radius 3 is 2.47 bits per heavy atom. The van der Waals surface area contributed by atoms with E-state index in [0.29, 0.717) is 0 Å². The van der Waals surface area contributed by atoms with Crippen molar-refractivity contribution in [3.05, 3.63) is 11.6 Å². The van der Waals surface area contributed by atoms with Crippen LogP contribution in [-0.2, 0) is 0 Å². The molecule has 0 heterocycles. The molecule has 0 aromatic heterocycles. The van der Waals surface area contributed by atoms with Gasteiger partial charge in [-0.2, -0.15) is 0 Å². The summed E-state index contributed by atoms with van der Waals surface area (Å²) < 4.78 is 36.6. The summed E-state index contributed by atoms with van der Waals surface area (Å²) in [5.74, 6) is 0.0292. The quantitative estimate of drug-likeness (QED) is 0.517. The summed E-state index contributed by atoms with van der Waals surface area (Å²) in [4.78, 5) is 0. The van der Waals surface area contributed by atoms with Crippen molar-refractivity contribution in [1.82, 2.24) is 0 Å². The molecule has 0 fully saturated rings. The van der Waals surface area contributed by atoms with Gasteiger partial charge in [-0.3, -0.25) is 0 Å². The van der Waals surface area contributed by atoms with Crippen LogP contribution in [0.2, 0.25) is 6.32 Å². The average molecular weight is 244 g/mol.